The van der Waals surface area contributed by atoms with Crippen LogP contribution in [0.2, 0.25) is 36.3 Å². The van der Waals surface area contributed by atoms with Crippen molar-refractivity contribution in [2.45, 2.75) is 238 Å². The molecule has 70 heavy (non-hydrogen) atoms. The van der Waals surface area contributed by atoms with E-state index in [0.29, 0.717) is 38.5 Å². The first-order valence-electron chi connectivity index (χ1n) is 26.7. The highest BCUT2D eigenvalue weighted by atomic mass is 28.4. The SMILES string of the molecule is CC[C@@H]1/C=C(\C)C[C@H](C)C[C@H](OC)[C@H]2O[C@@](O)(C(=O)C(=O)N3CCCC[C@H]3C(=O)O[C@H](/C(C)=C/C3CC[C@@H](O[Si](C)(C)C(C)(C)C)[C@H](OC)C3)[C@@H](C)[C@@H](CC(C)(C)[Si](C)(C)O)CC1=O)[C@H](C)C[C@@H]2OC. The number of cyclic esters (lactones) is 1. The highest BCUT2D eigenvalue weighted by Crippen LogP contribution is 2.47. The Labute approximate surface area is 425 Å². The first-order valence-corrected chi connectivity index (χ1v) is 32.5. The van der Waals surface area contributed by atoms with E-state index in [2.05, 4.69) is 73.7 Å². The Hall–Kier alpha value is -2.09. The molecule has 14 atom stereocenters. The van der Waals surface area contributed by atoms with Gasteiger partial charge in [0.15, 0.2) is 16.6 Å². The lowest BCUT2D eigenvalue weighted by molar-refractivity contribution is -0.302. The van der Waals surface area contributed by atoms with Crippen LogP contribution in [0.3, 0.4) is 0 Å². The second kappa shape index (κ2) is 24.5. The number of fused-ring (bicyclic) bond motifs is 3. The van der Waals surface area contributed by atoms with Gasteiger partial charge in [-0.15, -0.1) is 0 Å². The maximum absolute atomic E-state index is 15.0. The van der Waals surface area contributed by atoms with Crippen LogP contribution in [0.5, 0.6) is 0 Å². The fourth-order valence-electron chi connectivity index (χ4n) is 11.3. The molecule has 2 N–H and O–H groups in total. The Bertz CT molecular complexity index is 1850. The molecule has 3 heterocycles. The number of hydrogen-bond donors (Lipinski definition) is 2. The molecule has 0 radical (unpaired) electrons. The number of hydrogen-bond acceptors (Lipinski definition) is 12. The smallest absolute Gasteiger partial charge is 0.329 e. The zero-order valence-corrected chi connectivity index (χ0v) is 48.8. The van der Waals surface area contributed by atoms with Crippen molar-refractivity contribution in [2.75, 3.05) is 27.9 Å². The number of allylic oxidation sites excluding steroid dienone is 3. The fraction of sp³-hybridized carbons (Fsp3) is 0.855. The van der Waals surface area contributed by atoms with Gasteiger partial charge in [0.1, 0.15) is 24.0 Å². The van der Waals surface area contributed by atoms with Crippen LogP contribution >= 0.6 is 0 Å². The minimum atomic E-state index is -2.80. The maximum Gasteiger partial charge on any atom is 0.329 e. The molecule has 15 heteroatoms. The van der Waals surface area contributed by atoms with Crippen molar-refractivity contribution in [3.63, 3.8) is 0 Å². The van der Waals surface area contributed by atoms with E-state index in [0.717, 1.165) is 30.4 Å². The monoisotopic (exact) mass is 1020 g/mol. The third-order valence-corrected chi connectivity index (χ3v) is 25.8. The minimum absolute atomic E-state index is 0.0379. The Kier molecular flexibility index (Phi) is 21.2. The summed E-state index contributed by atoms with van der Waals surface area (Å²) in [5.74, 6) is -6.89. The first kappa shape index (κ1) is 60.5. The number of amides is 1. The molecule has 4 aliphatic rings. The van der Waals surface area contributed by atoms with Gasteiger partial charge >= 0.3 is 5.97 Å². The van der Waals surface area contributed by atoms with Crippen molar-refractivity contribution in [2.24, 2.45) is 35.5 Å². The van der Waals surface area contributed by atoms with E-state index in [1.54, 1.807) is 28.3 Å². The number of carbonyl (C=O) groups is 4. The second-order valence-electron chi connectivity index (χ2n) is 24.8. The number of aliphatic hydroxyl groups is 1. The van der Waals surface area contributed by atoms with Gasteiger partial charge in [0.25, 0.3) is 11.7 Å². The molecule has 0 aromatic carbocycles. The summed E-state index contributed by atoms with van der Waals surface area (Å²) in [5, 5.41) is 11.8. The molecule has 1 saturated carbocycles. The van der Waals surface area contributed by atoms with Gasteiger partial charge in [0.05, 0.1) is 24.4 Å². The number of rotatable bonds is 11. The minimum Gasteiger partial charge on any atom is -0.456 e. The maximum atomic E-state index is 15.0. The van der Waals surface area contributed by atoms with Gasteiger partial charge in [-0.2, -0.15) is 0 Å². The van der Waals surface area contributed by atoms with E-state index in [4.69, 9.17) is 28.1 Å². The third kappa shape index (κ3) is 14.4. The molecule has 0 aromatic rings. The van der Waals surface area contributed by atoms with Crippen molar-refractivity contribution < 1.29 is 57.2 Å². The van der Waals surface area contributed by atoms with E-state index < -0.39 is 87.4 Å². The molecule has 1 unspecified atom stereocenters. The van der Waals surface area contributed by atoms with Gasteiger partial charge in [-0.25, -0.2) is 4.79 Å². The van der Waals surface area contributed by atoms with Gasteiger partial charge in [0, 0.05) is 52.0 Å². The summed E-state index contributed by atoms with van der Waals surface area (Å²) in [5.41, 5.74) is 1.90. The molecule has 2 saturated heterocycles. The summed E-state index contributed by atoms with van der Waals surface area (Å²) in [4.78, 5) is 72.0. The van der Waals surface area contributed by atoms with Crippen LogP contribution in [0.4, 0.5) is 0 Å². The molecule has 0 aromatic heterocycles. The molecule has 2 bridgehead atoms. The van der Waals surface area contributed by atoms with Crippen LogP contribution in [0, 0.1) is 35.5 Å². The average molecular weight is 1020 g/mol. The van der Waals surface area contributed by atoms with Crippen molar-refractivity contribution in [3.8, 4) is 0 Å². The van der Waals surface area contributed by atoms with E-state index >= 15 is 4.79 Å². The molecule has 1 amide bonds. The summed E-state index contributed by atoms with van der Waals surface area (Å²) in [6.07, 6.45) is 7.88. The number of methoxy groups -OCH3 is 3. The number of carbonyl (C=O) groups excluding carboxylic acids is 4. The predicted molar refractivity (Wildman–Crippen MR) is 280 cm³/mol. The molecule has 13 nitrogen and oxygen atoms in total. The molecule has 402 valence electrons. The van der Waals surface area contributed by atoms with Gasteiger partial charge in [-0.05, 0) is 144 Å². The average Bonchev–Trinajstić information content (AvgIpc) is 3.27. The molecular weight excluding hydrogens is 923 g/mol. The van der Waals surface area contributed by atoms with Gasteiger partial charge in [-0.1, -0.05) is 80.0 Å². The van der Waals surface area contributed by atoms with Crippen molar-refractivity contribution in [1.29, 1.82) is 0 Å². The third-order valence-electron chi connectivity index (χ3n) is 17.7. The van der Waals surface area contributed by atoms with Gasteiger partial charge in [0.2, 0.25) is 5.79 Å². The summed E-state index contributed by atoms with van der Waals surface area (Å²) in [6.45, 7) is 31.3. The zero-order valence-electron chi connectivity index (χ0n) is 46.8. The van der Waals surface area contributed by atoms with E-state index in [1.165, 1.54) is 4.90 Å². The first-order chi connectivity index (χ1) is 32.4. The number of ether oxygens (including phenoxy) is 5. The van der Waals surface area contributed by atoms with E-state index in [9.17, 15) is 24.3 Å². The quantitative estimate of drug-likeness (QED) is 0.0872. The lowest BCUT2D eigenvalue weighted by Gasteiger charge is -2.47. The zero-order chi connectivity index (χ0) is 52.9. The standard InChI is InChI=1S/C55H97NO12Si2/c1-19-40-27-34(2)26-35(3)28-46(64-13)49-47(65-14)30-37(5)55(61,67-49)50(58)51(59)56-25-21-20-22-42(56)52(60)66-48(38(6)41(32-43(40)57)33-54(10,11)69(15,16)62)36(4)29-39-23-24-44(45(31-39)63-12)68-70(17,18)53(7,8)9/h27,29,35,37-42,44-49,61-62H,19-26,28,30-33H2,1-18H3/b34-27+,36-29+/t35-,37+,38-,39?,40+,41+,42-,44+,45+,46-,47-,48+,49+,55+/m0/s1. The number of esters is 1. The normalized spacial score (nSPS) is 36.7. The molecule has 0 spiro atoms. The van der Waals surface area contributed by atoms with Crippen LogP contribution in [0.15, 0.2) is 23.3 Å². The Morgan fingerprint density at radius 2 is 1.49 bits per heavy atom. The van der Waals surface area contributed by atoms with Crippen LogP contribution < -0.4 is 0 Å². The number of Topliss-reactive ketones (excluding diaryl/α,β-unsaturated/α-hetero) is 2. The topological polar surface area (TPSA) is 167 Å². The molecule has 1 aliphatic carbocycles. The Morgan fingerprint density at radius 1 is 0.871 bits per heavy atom. The molecule has 3 aliphatic heterocycles. The lowest BCUT2D eigenvalue weighted by Crippen LogP contribution is -2.64. The van der Waals surface area contributed by atoms with Crippen molar-refractivity contribution in [1.82, 2.24) is 4.90 Å². The van der Waals surface area contributed by atoms with E-state index in [1.807, 2.05) is 33.9 Å². The van der Waals surface area contributed by atoms with Gasteiger partial charge < -0.3 is 42.9 Å². The van der Waals surface area contributed by atoms with Crippen LogP contribution in [-0.2, 0) is 47.3 Å². The predicted octanol–water partition coefficient (Wildman–Crippen LogP) is 10.1. The number of piperidine rings is 1. The highest BCUT2D eigenvalue weighted by molar-refractivity contribution is 6.74. The summed E-state index contributed by atoms with van der Waals surface area (Å²) in [7, 11) is -0.0179. The van der Waals surface area contributed by atoms with Gasteiger partial charge in [-0.3, -0.25) is 14.4 Å². The van der Waals surface area contributed by atoms with Crippen LogP contribution in [0.1, 0.15) is 153 Å². The number of ketones is 2. The molecular formula is C55H97NO12Si2. The number of nitrogens with zero attached hydrogens (tertiary/aromatic N) is 1. The molecule has 4 rings (SSSR count). The van der Waals surface area contributed by atoms with E-state index in [-0.39, 0.29) is 72.5 Å². The van der Waals surface area contributed by atoms with Crippen LogP contribution in [-0.4, -0.2) is 131 Å². The summed E-state index contributed by atoms with van der Waals surface area (Å²) in [6, 6.07) is -1.10. The van der Waals surface area contributed by atoms with Crippen molar-refractivity contribution in [3.05, 3.63) is 23.3 Å². The largest absolute Gasteiger partial charge is 0.456 e. The highest BCUT2D eigenvalue weighted by Gasteiger charge is 2.57. The summed E-state index contributed by atoms with van der Waals surface area (Å²) < 4.78 is 38.1. The summed E-state index contributed by atoms with van der Waals surface area (Å²) >= 11 is 0. The lowest BCUT2D eigenvalue weighted by atomic mass is 9.75. The molecule has 3 fully saturated rings. The Balaban J connectivity index is 1.87. The Morgan fingerprint density at radius 3 is 2.06 bits per heavy atom. The van der Waals surface area contributed by atoms with Crippen LogP contribution in [0.25, 0.3) is 0 Å². The second-order valence-corrected chi connectivity index (χ2v) is 34.1. The fourth-order valence-corrected chi connectivity index (χ4v) is 13.5. The van der Waals surface area contributed by atoms with Crippen molar-refractivity contribution >= 4 is 40.1 Å².